The lowest BCUT2D eigenvalue weighted by atomic mass is 10.0. The molecule has 6 nitrogen and oxygen atoms in total. The molecule has 6 heteroatoms. The van der Waals surface area contributed by atoms with E-state index in [0.29, 0.717) is 41.4 Å². The van der Waals surface area contributed by atoms with Crippen molar-refractivity contribution in [2.75, 3.05) is 20.8 Å². The molecule has 0 bridgehead atoms. The Morgan fingerprint density at radius 2 is 1.47 bits per heavy atom. The van der Waals surface area contributed by atoms with Gasteiger partial charge < -0.3 is 14.4 Å². The van der Waals surface area contributed by atoms with Gasteiger partial charge in [0, 0.05) is 18.7 Å². The molecule has 0 aliphatic carbocycles. The van der Waals surface area contributed by atoms with Gasteiger partial charge >= 0.3 is 0 Å². The Labute approximate surface area is 200 Å². The Morgan fingerprint density at radius 3 is 2.12 bits per heavy atom. The van der Waals surface area contributed by atoms with Crippen molar-refractivity contribution in [3.63, 3.8) is 0 Å². The maximum absolute atomic E-state index is 13.8. The van der Waals surface area contributed by atoms with E-state index in [9.17, 15) is 9.59 Å². The minimum Gasteiger partial charge on any atom is -0.497 e. The Hall–Kier alpha value is -4.06. The molecule has 2 amide bonds. The Bertz CT molecular complexity index is 1200. The maximum atomic E-state index is 13.8. The van der Waals surface area contributed by atoms with Gasteiger partial charge in [0.2, 0.25) is 0 Å². The minimum absolute atomic E-state index is 0.133. The summed E-state index contributed by atoms with van der Waals surface area (Å²) in [5.74, 6) is 0.700. The number of benzene rings is 3. The molecule has 3 aromatic carbocycles. The van der Waals surface area contributed by atoms with Crippen LogP contribution in [0.5, 0.6) is 11.5 Å². The molecular weight excluding hydrogens is 428 g/mol. The van der Waals surface area contributed by atoms with Crippen LogP contribution in [0.25, 0.3) is 5.57 Å². The fourth-order valence-corrected chi connectivity index (χ4v) is 4.17. The zero-order chi connectivity index (χ0) is 24.1. The van der Waals surface area contributed by atoms with Gasteiger partial charge in [-0.2, -0.15) is 0 Å². The molecule has 4 rings (SSSR count). The third-order valence-electron chi connectivity index (χ3n) is 5.96. The second-order valence-electron chi connectivity index (χ2n) is 7.96. The van der Waals surface area contributed by atoms with Crippen molar-refractivity contribution in [2.24, 2.45) is 0 Å². The molecular formula is C28H28N2O4. The molecule has 34 heavy (non-hydrogen) atoms. The molecule has 1 aliphatic rings. The first-order valence-electron chi connectivity index (χ1n) is 11.2. The third kappa shape index (κ3) is 4.53. The van der Waals surface area contributed by atoms with E-state index in [4.69, 9.17) is 9.47 Å². The smallest absolute Gasteiger partial charge is 0.278 e. The predicted octanol–water partition coefficient (Wildman–Crippen LogP) is 4.51. The summed E-state index contributed by atoms with van der Waals surface area (Å²) in [6, 6.07) is 24.6. The highest BCUT2D eigenvalue weighted by Gasteiger charge is 2.41. The average molecular weight is 457 g/mol. The molecule has 0 saturated carbocycles. The molecule has 0 spiro atoms. The molecule has 0 N–H and O–H groups in total. The summed E-state index contributed by atoms with van der Waals surface area (Å²) in [7, 11) is 3.18. The molecule has 174 valence electrons. The van der Waals surface area contributed by atoms with Gasteiger partial charge in [-0.05, 0) is 36.2 Å². The molecule has 0 saturated heterocycles. The van der Waals surface area contributed by atoms with Gasteiger partial charge in [0.15, 0.2) is 0 Å². The van der Waals surface area contributed by atoms with Crippen LogP contribution in [0.2, 0.25) is 0 Å². The molecule has 1 aliphatic heterocycles. The van der Waals surface area contributed by atoms with Crippen molar-refractivity contribution in [2.45, 2.75) is 20.0 Å². The van der Waals surface area contributed by atoms with Gasteiger partial charge in [-0.1, -0.05) is 60.7 Å². The van der Waals surface area contributed by atoms with Crippen LogP contribution in [0.1, 0.15) is 23.6 Å². The molecule has 0 unspecified atom stereocenters. The highest BCUT2D eigenvalue weighted by atomic mass is 16.5. The number of imide groups is 1. The van der Waals surface area contributed by atoms with Crippen LogP contribution in [0.15, 0.2) is 84.6 Å². The molecule has 1 heterocycles. The number of hydrogen-bond donors (Lipinski definition) is 0. The lowest BCUT2D eigenvalue weighted by Gasteiger charge is -2.25. The molecule has 0 aromatic heterocycles. The molecule has 0 fully saturated rings. The predicted molar refractivity (Wildman–Crippen MR) is 131 cm³/mol. The van der Waals surface area contributed by atoms with E-state index in [0.717, 1.165) is 11.1 Å². The second kappa shape index (κ2) is 10.3. The largest absolute Gasteiger partial charge is 0.497 e. The lowest BCUT2D eigenvalue weighted by molar-refractivity contribution is -0.138. The Balaban J connectivity index is 1.76. The maximum Gasteiger partial charge on any atom is 0.278 e. The standard InChI is InChI=1S/C28H28N2O4/c1-4-29(18-20-10-6-5-7-11-20)26-25(21-14-16-23(33-2)17-15-21)27(31)30(28(26)32)19-22-12-8-9-13-24(22)34-3/h5-17H,4,18-19H2,1-3H3. The first-order chi connectivity index (χ1) is 16.6. The minimum atomic E-state index is -0.317. The number of methoxy groups -OCH3 is 2. The SMILES string of the molecule is CCN(Cc1ccccc1)C1=C(c2ccc(OC)cc2)C(=O)N(Cc2ccccc2OC)C1=O. The molecule has 0 radical (unpaired) electrons. The summed E-state index contributed by atoms with van der Waals surface area (Å²) in [5, 5.41) is 0. The van der Waals surface area contributed by atoms with E-state index in [1.165, 1.54) is 4.90 Å². The number of hydrogen-bond acceptors (Lipinski definition) is 5. The quantitative estimate of drug-likeness (QED) is 0.444. The summed E-state index contributed by atoms with van der Waals surface area (Å²) in [5.41, 5.74) is 3.34. The average Bonchev–Trinajstić information content (AvgIpc) is 3.13. The topological polar surface area (TPSA) is 59.1 Å². The number of para-hydroxylation sites is 1. The fourth-order valence-electron chi connectivity index (χ4n) is 4.17. The number of amides is 2. The number of nitrogens with zero attached hydrogens (tertiary/aromatic N) is 2. The van der Waals surface area contributed by atoms with Gasteiger partial charge in [0.05, 0.1) is 26.3 Å². The first kappa shape index (κ1) is 23.1. The number of likely N-dealkylation sites (N-methyl/N-ethyl adjacent to an activating group) is 1. The number of carbonyl (C=O) groups is 2. The van der Waals surface area contributed by atoms with Crippen molar-refractivity contribution in [1.82, 2.24) is 9.80 Å². The molecule has 3 aromatic rings. The van der Waals surface area contributed by atoms with E-state index in [2.05, 4.69) is 0 Å². The van der Waals surface area contributed by atoms with Crippen LogP contribution in [-0.2, 0) is 22.7 Å². The van der Waals surface area contributed by atoms with E-state index in [1.807, 2.05) is 78.6 Å². The van der Waals surface area contributed by atoms with Crippen LogP contribution in [-0.4, -0.2) is 42.4 Å². The van der Waals surface area contributed by atoms with Crippen molar-refractivity contribution >= 4 is 17.4 Å². The summed E-state index contributed by atoms with van der Waals surface area (Å²) in [6.45, 7) is 3.22. The van der Waals surface area contributed by atoms with Gasteiger partial charge in [-0.15, -0.1) is 0 Å². The monoisotopic (exact) mass is 456 g/mol. The van der Waals surface area contributed by atoms with Gasteiger partial charge in [0.1, 0.15) is 17.2 Å². The van der Waals surface area contributed by atoms with Crippen LogP contribution in [0.4, 0.5) is 0 Å². The van der Waals surface area contributed by atoms with Crippen molar-refractivity contribution in [1.29, 1.82) is 0 Å². The Kier molecular flexibility index (Phi) is 6.97. The van der Waals surface area contributed by atoms with E-state index < -0.39 is 0 Å². The van der Waals surface area contributed by atoms with E-state index in [1.54, 1.807) is 26.4 Å². The van der Waals surface area contributed by atoms with Gasteiger partial charge in [0.25, 0.3) is 11.8 Å². The van der Waals surface area contributed by atoms with Gasteiger partial charge in [-0.25, -0.2) is 0 Å². The first-order valence-corrected chi connectivity index (χ1v) is 11.2. The third-order valence-corrected chi connectivity index (χ3v) is 5.96. The summed E-state index contributed by atoms with van der Waals surface area (Å²) in [4.78, 5) is 30.7. The van der Waals surface area contributed by atoms with Gasteiger partial charge in [-0.3, -0.25) is 14.5 Å². The lowest BCUT2D eigenvalue weighted by Crippen LogP contribution is -2.34. The van der Waals surface area contributed by atoms with E-state index >= 15 is 0 Å². The van der Waals surface area contributed by atoms with Crippen LogP contribution in [0.3, 0.4) is 0 Å². The van der Waals surface area contributed by atoms with Crippen molar-refractivity contribution in [3.05, 3.63) is 101 Å². The zero-order valence-corrected chi connectivity index (χ0v) is 19.7. The summed E-state index contributed by atoms with van der Waals surface area (Å²) >= 11 is 0. The zero-order valence-electron chi connectivity index (χ0n) is 19.7. The normalized spacial score (nSPS) is 13.4. The van der Waals surface area contributed by atoms with Crippen molar-refractivity contribution in [3.8, 4) is 11.5 Å². The van der Waals surface area contributed by atoms with Crippen LogP contribution < -0.4 is 9.47 Å². The molecule has 0 atom stereocenters. The summed E-state index contributed by atoms with van der Waals surface area (Å²) in [6.07, 6.45) is 0. The summed E-state index contributed by atoms with van der Waals surface area (Å²) < 4.78 is 10.7. The van der Waals surface area contributed by atoms with Crippen LogP contribution in [0, 0.1) is 0 Å². The second-order valence-corrected chi connectivity index (χ2v) is 7.96. The fraction of sp³-hybridized carbons (Fsp3) is 0.214. The Morgan fingerprint density at radius 1 is 0.794 bits per heavy atom. The van der Waals surface area contributed by atoms with E-state index in [-0.39, 0.29) is 18.4 Å². The number of rotatable bonds is 9. The van der Waals surface area contributed by atoms with Crippen LogP contribution >= 0.6 is 0 Å². The number of carbonyl (C=O) groups excluding carboxylic acids is 2. The van der Waals surface area contributed by atoms with Crippen molar-refractivity contribution < 1.29 is 19.1 Å². The highest BCUT2D eigenvalue weighted by Crippen LogP contribution is 2.35. The number of ether oxygens (including phenoxy) is 2. The highest BCUT2D eigenvalue weighted by molar-refractivity contribution is 6.35.